The third-order valence-corrected chi connectivity index (χ3v) is 3.80. The van der Waals surface area contributed by atoms with Crippen molar-refractivity contribution < 1.29 is 4.79 Å². The Hall–Kier alpha value is -1.25. The predicted octanol–water partition coefficient (Wildman–Crippen LogP) is -0.685. The van der Waals surface area contributed by atoms with Crippen molar-refractivity contribution in [3.8, 4) is 0 Å². The Labute approximate surface area is 128 Å². The minimum absolute atomic E-state index is 0.0143. The highest BCUT2D eigenvalue weighted by molar-refractivity contribution is 6.21. The standard InChI is InChI=1S/C13H21ClN6O/c1-7-2-3-17-6-9(7)20-13(21)10(11(15)16)12-18-4-8(14)5-19-12/h2-3,6,8,10-12,18-19H,4-5,15-16H2,1H3,(H,20,21). The number of aromatic nitrogens is 1. The number of amides is 1. The first kappa shape index (κ1) is 16.1. The smallest absolute Gasteiger partial charge is 0.233 e. The van der Waals surface area contributed by atoms with Crippen LogP contribution in [0.3, 0.4) is 0 Å². The van der Waals surface area contributed by atoms with E-state index in [4.69, 9.17) is 23.1 Å². The van der Waals surface area contributed by atoms with Crippen LogP contribution in [0.1, 0.15) is 5.56 Å². The number of alkyl halides is 1. The zero-order chi connectivity index (χ0) is 15.4. The van der Waals surface area contributed by atoms with Gasteiger partial charge in [-0.05, 0) is 18.6 Å². The normalized spacial score (nSPS) is 23.9. The monoisotopic (exact) mass is 312 g/mol. The van der Waals surface area contributed by atoms with Gasteiger partial charge in [-0.3, -0.25) is 20.4 Å². The van der Waals surface area contributed by atoms with Gasteiger partial charge in [0.15, 0.2) is 0 Å². The molecule has 7 N–H and O–H groups in total. The first-order valence-electron chi connectivity index (χ1n) is 6.82. The number of hydrogen-bond donors (Lipinski definition) is 5. The van der Waals surface area contributed by atoms with Crippen LogP contribution in [-0.4, -0.2) is 41.7 Å². The molecule has 116 valence electrons. The van der Waals surface area contributed by atoms with Crippen LogP contribution >= 0.6 is 11.6 Å². The molecule has 1 fully saturated rings. The molecule has 1 saturated heterocycles. The zero-order valence-corrected chi connectivity index (χ0v) is 12.6. The maximum absolute atomic E-state index is 12.5. The largest absolute Gasteiger partial charge is 0.324 e. The van der Waals surface area contributed by atoms with Crippen LogP contribution in [0.25, 0.3) is 0 Å². The van der Waals surface area contributed by atoms with Crippen LogP contribution < -0.4 is 27.4 Å². The van der Waals surface area contributed by atoms with Gasteiger partial charge in [0.25, 0.3) is 0 Å². The van der Waals surface area contributed by atoms with Gasteiger partial charge in [-0.2, -0.15) is 0 Å². The molecule has 1 aromatic heterocycles. The molecule has 1 unspecified atom stereocenters. The lowest BCUT2D eigenvalue weighted by Crippen LogP contribution is -2.64. The van der Waals surface area contributed by atoms with Crippen LogP contribution in [0.4, 0.5) is 5.69 Å². The fourth-order valence-corrected chi connectivity index (χ4v) is 2.45. The number of anilines is 1. The molecule has 7 nitrogen and oxygen atoms in total. The number of nitrogens with zero attached hydrogens (tertiary/aromatic N) is 1. The van der Waals surface area contributed by atoms with Gasteiger partial charge < -0.3 is 16.8 Å². The van der Waals surface area contributed by atoms with Crippen molar-refractivity contribution in [3.05, 3.63) is 24.0 Å². The van der Waals surface area contributed by atoms with E-state index in [1.54, 1.807) is 12.4 Å². The van der Waals surface area contributed by atoms with E-state index < -0.39 is 12.1 Å². The van der Waals surface area contributed by atoms with Gasteiger partial charge in [0.05, 0.1) is 35.5 Å². The molecule has 21 heavy (non-hydrogen) atoms. The molecule has 0 radical (unpaired) electrons. The summed E-state index contributed by atoms with van der Waals surface area (Å²) in [6.45, 7) is 3.09. The molecular formula is C13H21ClN6O. The van der Waals surface area contributed by atoms with Crippen LogP contribution in [0.5, 0.6) is 0 Å². The van der Waals surface area contributed by atoms with Crippen molar-refractivity contribution >= 4 is 23.2 Å². The van der Waals surface area contributed by atoms with Crippen LogP contribution in [0.15, 0.2) is 18.5 Å². The van der Waals surface area contributed by atoms with E-state index in [1.807, 2.05) is 13.0 Å². The first-order chi connectivity index (χ1) is 9.99. The topological polar surface area (TPSA) is 118 Å². The zero-order valence-electron chi connectivity index (χ0n) is 11.8. The summed E-state index contributed by atoms with van der Waals surface area (Å²) in [4.78, 5) is 16.5. The molecule has 1 atom stereocenters. The van der Waals surface area contributed by atoms with Gasteiger partial charge in [-0.25, -0.2) is 0 Å². The van der Waals surface area contributed by atoms with E-state index >= 15 is 0 Å². The van der Waals surface area contributed by atoms with Crippen molar-refractivity contribution in [2.24, 2.45) is 17.4 Å². The molecule has 1 aliphatic rings. The number of carbonyl (C=O) groups excluding carboxylic acids is 1. The summed E-state index contributed by atoms with van der Waals surface area (Å²) in [6, 6.07) is 1.82. The highest BCUT2D eigenvalue weighted by Crippen LogP contribution is 2.15. The molecule has 1 amide bonds. The van der Waals surface area contributed by atoms with Crippen molar-refractivity contribution in [1.82, 2.24) is 15.6 Å². The average Bonchev–Trinajstić information content (AvgIpc) is 2.43. The number of nitrogens with two attached hydrogens (primary N) is 2. The summed E-state index contributed by atoms with van der Waals surface area (Å²) >= 11 is 6.00. The minimum Gasteiger partial charge on any atom is -0.324 e. The Morgan fingerprint density at radius 1 is 1.48 bits per heavy atom. The SMILES string of the molecule is Cc1ccncc1NC(=O)C(C(N)N)C1NCC(Cl)CN1. The summed E-state index contributed by atoms with van der Waals surface area (Å²) in [7, 11) is 0. The molecule has 0 bridgehead atoms. The van der Waals surface area contributed by atoms with Gasteiger partial charge in [0.2, 0.25) is 5.91 Å². The molecular weight excluding hydrogens is 292 g/mol. The van der Waals surface area contributed by atoms with Crippen molar-refractivity contribution in [3.63, 3.8) is 0 Å². The number of hydrogen-bond acceptors (Lipinski definition) is 6. The van der Waals surface area contributed by atoms with E-state index in [1.165, 1.54) is 0 Å². The third-order valence-electron chi connectivity index (χ3n) is 3.49. The fourth-order valence-electron chi connectivity index (χ4n) is 2.27. The molecule has 2 rings (SSSR count). The summed E-state index contributed by atoms with van der Waals surface area (Å²) in [5.74, 6) is -0.868. The Morgan fingerprint density at radius 3 is 2.71 bits per heavy atom. The Balaban J connectivity index is 2.07. The molecule has 0 aliphatic carbocycles. The van der Waals surface area contributed by atoms with Gasteiger partial charge in [-0.15, -0.1) is 11.6 Å². The molecule has 0 aromatic carbocycles. The fraction of sp³-hybridized carbons (Fsp3) is 0.538. The highest BCUT2D eigenvalue weighted by atomic mass is 35.5. The lowest BCUT2D eigenvalue weighted by atomic mass is 9.99. The number of halogens is 1. The van der Waals surface area contributed by atoms with Crippen molar-refractivity contribution in [1.29, 1.82) is 0 Å². The minimum atomic E-state index is -0.793. The summed E-state index contributed by atoms with van der Waals surface area (Å²) in [5.41, 5.74) is 13.1. The van der Waals surface area contributed by atoms with Crippen LogP contribution in [0, 0.1) is 12.8 Å². The molecule has 1 aromatic rings. The Kier molecular flexibility index (Phi) is 5.49. The van der Waals surface area contributed by atoms with Crippen LogP contribution in [-0.2, 0) is 4.79 Å². The molecule has 2 heterocycles. The van der Waals surface area contributed by atoms with E-state index in [0.717, 1.165) is 5.56 Å². The van der Waals surface area contributed by atoms with Gasteiger partial charge in [0.1, 0.15) is 0 Å². The summed E-state index contributed by atoms with van der Waals surface area (Å²) in [6.07, 6.45) is 2.17. The van der Waals surface area contributed by atoms with E-state index in [0.29, 0.717) is 18.8 Å². The number of carbonyl (C=O) groups is 1. The van der Waals surface area contributed by atoms with Gasteiger partial charge in [-0.1, -0.05) is 0 Å². The summed E-state index contributed by atoms with van der Waals surface area (Å²) < 4.78 is 0. The third kappa shape index (κ3) is 4.12. The Bertz CT molecular complexity index is 489. The molecule has 0 saturated carbocycles. The van der Waals surface area contributed by atoms with Crippen molar-refractivity contribution in [2.45, 2.75) is 24.6 Å². The second-order valence-electron chi connectivity index (χ2n) is 5.17. The summed E-state index contributed by atoms with van der Waals surface area (Å²) in [5, 5.41) is 9.12. The number of aryl methyl sites for hydroxylation is 1. The number of pyridine rings is 1. The highest BCUT2D eigenvalue weighted by Gasteiger charge is 2.34. The van der Waals surface area contributed by atoms with E-state index in [9.17, 15) is 4.79 Å². The number of nitrogens with one attached hydrogen (secondary N) is 3. The quantitative estimate of drug-likeness (QED) is 0.371. The first-order valence-corrected chi connectivity index (χ1v) is 7.26. The maximum Gasteiger partial charge on any atom is 0.233 e. The second-order valence-corrected chi connectivity index (χ2v) is 5.79. The lowest BCUT2D eigenvalue weighted by molar-refractivity contribution is -0.121. The molecule has 0 spiro atoms. The number of rotatable bonds is 4. The maximum atomic E-state index is 12.5. The lowest BCUT2D eigenvalue weighted by Gasteiger charge is -2.35. The Morgan fingerprint density at radius 2 is 2.14 bits per heavy atom. The van der Waals surface area contributed by atoms with Crippen LogP contribution in [0.2, 0.25) is 0 Å². The van der Waals surface area contributed by atoms with Crippen molar-refractivity contribution in [2.75, 3.05) is 18.4 Å². The molecule has 1 aliphatic heterocycles. The molecule has 8 heteroatoms. The van der Waals surface area contributed by atoms with Gasteiger partial charge in [0, 0.05) is 19.3 Å². The predicted molar refractivity (Wildman–Crippen MR) is 82.7 cm³/mol. The van der Waals surface area contributed by atoms with Gasteiger partial charge >= 0.3 is 0 Å². The van der Waals surface area contributed by atoms with E-state index in [2.05, 4.69) is 20.9 Å². The second kappa shape index (κ2) is 7.15. The van der Waals surface area contributed by atoms with E-state index in [-0.39, 0.29) is 17.5 Å². The average molecular weight is 313 g/mol.